The number of carbonyl (C=O) groups is 1. The zero-order chi connectivity index (χ0) is 14.7. The van der Waals surface area contributed by atoms with Crippen molar-refractivity contribution in [2.45, 2.75) is 13.5 Å². The number of pyridine rings is 1. The Labute approximate surface area is 114 Å². The molecule has 0 aliphatic carbocycles. The summed E-state index contributed by atoms with van der Waals surface area (Å²) in [5.74, 6) is -4.09. The summed E-state index contributed by atoms with van der Waals surface area (Å²) in [4.78, 5) is 14.8. The number of anilines is 1. The molecule has 1 aromatic carbocycles. The summed E-state index contributed by atoms with van der Waals surface area (Å²) in [6.45, 7) is 2.07. The molecule has 104 valence electrons. The number of nitrogens with one attached hydrogen (secondary N) is 1. The molecule has 0 atom stereocenters. The van der Waals surface area contributed by atoms with Crippen LogP contribution < -0.4 is 5.32 Å². The maximum Gasteiger partial charge on any atom is 0.338 e. The molecule has 20 heavy (non-hydrogen) atoms. The Bertz CT molecular complexity index is 660. The van der Waals surface area contributed by atoms with Gasteiger partial charge in [-0.2, -0.15) is 0 Å². The fourth-order valence-electron chi connectivity index (χ4n) is 1.73. The van der Waals surface area contributed by atoms with Crippen LogP contribution in [0.2, 0.25) is 0 Å². The van der Waals surface area contributed by atoms with Gasteiger partial charge < -0.3 is 10.4 Å². The molecule has 1 aromatic heterocycles. The lowest BCUT2D eigenvalue weighted by Gasteiger charge is -2.10. The van der Waals surface area contributed by atoms with Crippen LogP contribution in [0.15, 0.2) is 30.5 Å². The third kappa shape index (κ3) is 2.74. The van der Waals surface area contributed by atoms with Crippen LogP contribution in [-0.4, -0.2) is 16.1 Å². The van der Waals surface area contributed by atoms with Crippen LogP contribution in [0.25, 0.3) is 0 Å². The molecule has 2 aromatic rings. The Kier molecular flexibility index (Phi) is 3.93. The summed E-state index contributed by atoms with van der Waals surface area (Å²) >= 11 is 0. The number of aromatic carboxylic acids is 1. The van der Waals surface area contributed by atoms with Gasteiger partial charge in [-0.3, -0.25) is 4.98 Å². The number of nitrogens with zero attached hydrogens (tertiary/aromatic N) is 1. The first-order chi connectivity index (χ1) is 9.50. The summed E-state index contributed by atoms with van der Waals surface area (Å²) in [7, 11) is 0. The van der Waals surface area contributed by atoms with Crippen LogP contribution in [0.4, 0.5) is 14.5 Å². The molecule has 2 rings (SSSR count). The van der Waals surface area contributed by atoms with E-state index in [9.17, 15) is 13.6 Å². The summed E-state index contributed by atoms with van der Waals surface area (Å²) in [6.07, 6.45) is 1.61. The largest absolute Gasteiger partial charge is 0.478 e. The minimum absolute atomic E-state index is 0.0995. The number of aromatic nitrogens is 1. The number of carboxylic acids is 1. The van der Waals surface area contributed by atoms with Gasteiger partial charge in [-0.05, 0) is 30.7 Å². The number of hydrogen-bond donors (Lipinski definition) is 2. The van der Waals surface area contributed by atoms with Crippen molar-refractivity contribution in [3.05, 3.63) is 58.9 Å². The standard InChI is InChI=1S/C14H12F2N2O2/c1-8-3-2-6-17-11(8)7-18-10-5-4-9(14(19)20)12(15)13(10)16/h2-6,18H,7H2,1H3,(H,19,20). The molecule has 0 aliphatic rings. The molecule has 0 bridgehead atoms. The summed E-state index contributed by atoms with van der Waals surface area (Å²) < 4.78 is 27.2. The molecule has 1 heterocycles. The molecule has 0 fully saturated rings. The van der Waals surface area contributed by atoms with E-state index in [0.717, 1.165) is 11.6 Å². The molecule has 4 nitrogen and oxygen atoms in total. The van der Waals surface area contributed by atoms with Gasteiger partial charge in [0.1, 0.15) is 0 Å². The second-order valence-corrected chi connectivity index (χ2v) is 4.21. The van der Waals surface area contributed by atoms with Crippen LogP contribution in [0.5, 0.6) is 0 Å². The third-order valence-corrected chi connectivity index (χ3v) is 2.88. The van der Waals surface area contributed by atoms with Crippen molar-refractivity contribution in [3.8, 4) is 0 Å². The van der Waals surface area contributed by atoms with Gasteiger partial charge in [-0.25, -0.2) is 13.6 Å². The third-order valence-electron chi connectivity index (χ3n) is 2.88. The maximum atomic E-state index is 13.7. The van der Waals surface area contributed by atoms with Gasteiger partial charge in [0.05, 0.1) is 23.5 Å². The van der Waals surface area contributed by atoms with E-state index in [1.54, 1.807) is 12.3 Å². The van der Waals surface area contributed by atoms with Crippen molar-refractivity contribution in [3.63, 3.8) is 0 Å². The van der Waals surface area contributed by atoms with Crippen LogP contribution in [0.3, 0.4) is 0 Å². The van der Waals surface area contributed by atoms with Crippen LogP contribution >= 0.6 is 0 Å². The second kappa shape index (κ2) is 5.64. The molecule has 2 N–H and O–H groups in total. The van der Waals surface area contributed by atoms with Crippen molar-refractivity contribution in [2.75, 3.05) is 5.32 Å². The molecule has 0 amide bonds. The lowest BCUT2D eigenvalue weighted by Crippen LogP contribution is -2.08. The SMILES string of the molecule is Cc1cccnc1CNc1ccc(C(=O)O)c(F)c1F. The number of benzene rings is 1. The molecular formula is C14H12F2N2O2. The van der Waals surface area contributed by atoms with Gasteiger partial charge in [0.2, 0.25) is 0 Å². The molecule has 0 saturated carbocycles. The molecule has 0 aliphatic heterocycles. The Balaban J connectivity index is 2.21. The van der Waals surface area contributed by atoms with E-state index in [0.29, 0.717) is 5.69 Å². The van der Waals surface area contributed by atoms with E-state index in [-0.39, 0.29) is 12.2 Å². The first-order valence-electron chi connectivity index (χ1n) is 5.86. The monoisotopic (exact) mass is 278 g/mol. The smallest absolute Gasteiger partial charge is 0.338 e. The van der Waals surface area contributed by atoms with E-state index >= 15 is 0 Å². The van der Waals surface area contributed by atoms with Crippen LogP contribution in [-0.2, 0) is 6.54 Å². The van der Waals surface area contributed by atoms with Crippen molar-refractivity contribution in [1.29, 1.82) is 0 Å². The number of hydrogen-bond acceptors (Lipinski definition) is 3. The van der Waals surface area contributed by atoms with Gasteiger partial charge in [-0.1, -0.05) is 6.07 Å². The summed E-state index contributed by atoms with van der Waals surface area (Å²) in [5, 5.41) is 11.4. The maximum absolute atomic E-state index is 13.7. The van der Waals surface area contributed by atoms with Crippen LogP contribution in [0, 0.1) is 18.6 Å². The van der Waals surface area contributed by atoms with Crippen molar-refractivity contribution in [1.82, 2.24) is 4.98 Å². The van der Waals surface area contributed by atoms with E-state index in [1.807, 2.05) is 13.0 Å². The Hall–Kier alpha value is -2.50. The minimum atomic E-state index is -1.51. The number of carboxylic acid groups (broad SMARTS) is 1. The van der Waals surface area contributed by atoms with Crippen molar-refractivity contribution >= 4 is 11.7 Å². The zero-order valence-electron chi connectivity index (χ0n) is 10.7. The fourth-order valence-corrected chi connectivity index (χ4v) is 1.73. The number of halogens is 2. The second-order valence-electron chi connectivity index (χ2n) is 4.21. The van der Waals surface area contributed by atoms with Crippen LogP contribution in [0.1, 0.15) is 21.6 Å². The van der Waals surface area contributed by atoms with Gasteiger partial charge in [0.15, 0.2) is 11.6 Å². The predicted octanol–water partition coefficient (Wildman–Crippen LogP) is 2.98. The predicted molar refractivity (Wildman–Crippen MR) is 69.6 cm³/mol. The van der Waals surface area contributed by atoms with E-state index < -0.39 is 23.2 Å². The van der Waals surface area contributed by atoms with E-state index in [2.05, 4.69) is 10.3 Å². The molecule has 0 unspecified atom stereocenters. The molecular weight excluding hydrogens is 266 g/mol. The number of rotatable bonds is 4. The zero-order valence-corrected chi connectivity index (χ0v) is 10.7. The highest BCUT2D eigenvalue weighted by Gasteiger charge is 2.17. The lowest BCUT2D eigenvalue weighted by atomic mass is 10.1. The average Bonchev–Trinajstić information content (AvgIpc) is 2.41. The summed E-state index contributed by atoms with van der Waals surface area (Å²) in [6, 6.07) is 5.85. The van der Waals surface area contributed by atoms with Crippen molar-refractivity contribution in [2.24, 2.45) is 0 Å². The van der Waals surface area contributed by atoms with Gasteiger partial charge in [0.25, 0.3) is 0 Å². The quantitative estimate of drug-likeness (QED) is 0.902. The normalized spacial score (nSPS) is 10.3. The highest BCUT2D eigenvalue weighted by atomic mass is 19.2. The van der Waals surface area contributed by atoms with Crippen molar-refractivity contribution < 1.29 is 18.7 Å². The first kappa shape index (κ1) is 13.9. The fraction of sp³-hybridized carbons (Fsp3) is 0.143. The highest BCUT2D eigenvalue weighted by molar-refractivity contribution is 5.88. The lowest BCUT2D eigenvalue weighted by molar-refractivity contribution is 0.0690. The average molecular weight is 278 g/mol. The molecule has 6 heteroatoms. The topological polar surface area (TPSA) is 62.2 Å². The Morgan fingerprint density at radius 1 is 1.30 bits per heavy atom. The first-order valence-corrected chi connectivity index (χ1v) is 5.86. The highest BCUT2D eigenvalue weighted by Crippen LogP contribution is 2.21. The van der Waals surface area contributed by atoms with Gasteiger partial charge in [0, 0.05) is 6.20 Å². The molecule has 0 spiro atoms. The minimum Gasteiger partial charge on any atom is -0.478 e. The van der Waals surface area contributed by atoms with Gasteiger partial charge >= 0.3 is 5.97 Å². The van der Waals surface area contributed by atoms with Gasteiger partial charge in [-0.15, -0.1) is 0 Å². The van der Waals surface area contributed by atoms with E-state index in [4.69, 9.17) is 5.11 Å². The Morgan fingerprint density at radius 3 is 2.70 bits per heavy atom. The molecule has 0 saturated heterocycles. The Morgan fingerprint density at radius 2 is 2.05 bits per heavy atom. The van der Waals surface area contributed by atoms with E-state index in [1.165, 1.54) is 6.07 Å². The summed E-state index contributed by atoms with van der Waals surface area (Å²) in [5.41, 5.74) is 0.831. The molecule has 0 radical (unpaired) electrons. The number of aryl methyl sites for hydroxylation is 1.